The molecule has 17 atom stereocenters. The van der Waals surface area contributed by atoms with Crippen molar-refractivity contribution in [1.29, 1.82) is 0 Å². The van der Waals surface area contributed by atoms with Crippen LogP contribution in [0.5, 0.6) is 0 Å². The van der Waals surface area contributed by atoms with Gasteiger partial charge in [0.25, 0.3) is 0 Å². The maximum absolute atomic E-state index is 14.5. The summed E-state index contributed by atoms with van der Waals surface area (Å²) in [5, 5.41) is 76.6. The van der Waals surface area contributed by atoms with Gasteiger partial charge in [0, 0.05) is 18.7 Å². The van der Waals surface area contributed by atoms with Crippen molar-refractivity contribution in [2.24, 2.45) is 63.3 Å². The number of amides is 14. The lowest BCUT2D eigenvalue weighted by atomic mass is 9.94. The summed E-state index contributed by atoms with van der Waals surface area (Å²) in [5.41, 5.74) is 28.8. The minimum absolute atomic E-state index is 0.0239. The van der Waals surface area contributed by atoms with E-state index in [1.807, 2.05) is 0 Å². The smallest absolute Gasteiger partial charge is 0.325 e. The minimum atomic E-state index is -1.80. The number of aliphatic hydroxyl groups excluding tert-OH is 3. The topological polar surface area (TPSA) is 648 Å². The van der Waals surface area contributed by atoms with Crippen molar-refractivity contribution in [3.8, 4) is 0 Å². The van der Waals surface area contributed by atoms with Crippen molar-refractivity contribution < 1.29 is 92.3 Å². The largest absolute Gasteiger partial charge is 0.480 e. The summed E-state index contributed by atoms with van der Waals surface area (Å²) in [4.78, 5) is 210. The lowest BCUT2D eigenvalue weighted by Crippen LogP contribution is -2.62. The highest BCUT2D eigenvalue weighted by Crippen LogP contribution is 2.16. The quantitative estimate of drug-likeness (QED) is 0.0125. The highest BCUT2D eigenvalue weighted by atomic mass is 32.1. The van der Waals surface area contributed by atoms with Gasteiger partial charge in [0.1, 0.15) is 78.5 Å². The second-order valence-electron chi connectivity index (χ2n) is 29.7. The highest BCUT2D eigenvalue weighted by molar-refractivity contribution is 7.80. The van der Waals surface area contributed by atoms with Crippen LogP contribution >= 0.6 is 12.6 Å². The van der Waals surface area contributed by atoms with Gasteiger partial charge in [-0.05, 0) is 126 Å². The predicted molar refractivity (Wildman–Crippen MR) is 428 cm³/mol. The van der Waals surface area contributed by atoms with Crippen molar-refractivity contribution >= 4 is 107 Å². The molecule has 0 aliphatic carbocycles. The molecule has 39 nitrogen and oxygen atoms in total. The fourth-order valence-corrected chi connectivity index (χ4v) is 11.6. The standard InChI is InChI=1S/C74H130N20O19S/c1-13-41(9)57(72(111)93-58(42(10)14-2)71(110)89-53(36-96)67(106)85-49(31-38(3)4)64(103)90-54(37-114)68(107)84-47(26-18-20-28-75)61(100)82-43(11)73(112)113)91-55(98)34-81-69(108)59(44(12)97)94-62(101)48(27-19-21-29-76)83-65(104)51(33-45-23-16-15-17-24-45)86-66(105)52(35-95)88-63(102)50(32-39(5)6)87-70(109)56(40(7)8)92-60(99)46(77)25-22-30-80-74(78)79/h15-17,23-24,38-44,46-54,56-59,95-97,114H,13-14,18-22,25-37,75-77H2,1-12H3,(H,81,108)(H,82,100)(H,83,104)(H,84,107)(H,85,106)(H,86,105)(H,87,109)(H,88,102)(H,89,110)(H,90,103)(H,91,98)(H,92,99)(H,93,111)(H,94,101)(H,112,113)(H4,78,79,80)/t41-,42-,43-,44+,46-,47-,48-,49-,50-,51-,52-,53-,54-,56-,57-,58-,59-/m0/s1. The Hall–Kier alpha value is -9.35. The number of hydrogen-bond acceptors (Lipinski definition) is 23. The predicted octanol–water partition coefficient (Wildman–Crippen LogP) is -5.47. The van der Waals surface area contributed by atoms with Crippen molar-refractivity contribution in [3.05, 3.63) is 35.9 Å². The summed E-state index contributed by atoms with van der Waals surface area (Å²) < 4.78 is 0. The van der Waals surface area contributed by atoms with E-state index in [9.17, 15) is 92.3 Å². The van der Waals surface area contributed by atoms with Crippen molar-refractivity contribution in [3.63, 3.8) is 0 Å². The van der Waals surface area contributed by atoms with Crippen LogP contribution in [0.15, 0.2) is 35.3 Å². The monoisotopic (exact) mass is 1630 g/mol. The number of thiol groups is 1. The number of carbonyl (C=O) groups is 15. The lowest BCUT2D eigenvalue weighted by Gasteiger charge is -2.30. The zero-order valence-electron chi connectivity index (χ0n) is 67.8. The maximum atomic E-state index is 14.5. The summed E-state index contributed by atoms with van der Waals surface area (Å²) in [6.07, 6.45) is 0.616. The van der Waals surface area contributed by atoms with Crippen LogP contribution < -0.4 is 103 Å². The third-order valence-electron chi connectivity index (χ3n) is 18.6. The van der Waals surface area contributed by atoms with E-state index in [1.165, 1.54) is 6.92 Å². The van der Waals surface area contributed by atoms with Gasteiger partial charge < -0.3 is 124 Å². The second-order valence-corrected chi connectivity index (χ2v) is 30.0. The normalized spacial score (nSPS) is 15.8. The van der Waals surface area contributed by atoms with E-state index in [4.69, 9.17) is 28.7 Å². The van der Waals surface area contributed by atoms with Gasteiger partial charge in [0.15, 0.2) is 5.96 Å². The number of rotatable bonds is 56. The van der Waals surface area contributed by atoms with Crippen LogP contribution in [0.4, 0.5) is 0 Å². The summed E-state index contributed by atoms with van der Waals surface area (Å²) >= 11 is 4.23. The number of hydrogen-bond donors (Lipinski definition) is 24. The summed E-state index contributed by atoms with van der Waals surface area (Å²) in [7, 11) is 0. The van der Waals surface area contributed by atoms with Crippen molar-refractivity contribution in [2.45, 2.75) is 257 Å². The molecule has 1 aromatic rings. The zero-order chi connectivity index (χ0) is 86.6. The Morgan fingerprint density at radius 1 is 0.439 bits per heavy atom. The van der Waals surface area contributed by atoms with Gasteiger partial charge in [-0.15, -0.1) is 0 Å². The van der Waals surface area contributed by atoms with Gasteiger partial charge in [-0.25, -0.2) is 0 Å². The highest BCUT2D eigenvalue weighted by Gasteiger charge is 2.39. The molecule has 28 N–H and O–H groups in total. The van der Waals surface area contributed by atoms with Crippen molar-refractivity contribution in [2.75, 3.05) is 45.1 Å². The molecule has 0 spiro atoms. The molecule has 0 radical (unpaired) electrons. The van der Waals surface area contributed by atoms with E-state index < -0.39 is 217 Å². The first-order valence-electron chi connectivity index (χ1n) is 38.9. The van der Waals surface area contributed by atoms with Crippen LogP contribution in [0.2, 0.25) is 0 Å². The maximum Gasteiger partial charge on any atom is 0.325 e. The molecular formula is C74H130N20O19S. The minimum Gasteiger partial charge on any atom is -0.480 e. The van der Waals surface area contributed by atoms with E-state index in [0.717, 1.165) is 6.92 Å². The number of carboxylic acids is 1. The van der Waals surface area contributed by atoms with Gasteiger partial charge in [-0.2, -0.15) is 12.6 Å². The van der Waals surface area contributed by atoms with Crippen LogP contribution in [0.3, 0.4) is 0 Å². The molecule has 0 unspecified atom stereocenters. The molecule has 0 aromatic heterocycles. The van der Waals surface area contributed by atoms with Gasteiger partial charge in [0.05, 0.1) is 31.9 Å². The van der Waals surface area contributed by atoms with Crippen LogP contribution in [0.1, 0.15) is 166 Å². The second kappa shape index (κ2) is 54.4. The Morgan fingerprint density at radius 2 is 0.825 bits per heavy atom. The van der Waals surface area contributed by atoms with Crippen LogP contribution in [-0.4, -0.2) is 251 Å². The molecule has 114 heavy (non-hydrogen) atoms. The third kappa shape index (κ3) is 38.2. The van der Waals surface area contributed by atoms with Gasteiger partial charge in [0.2, 0.25) is 82.7 Å². The molecule has 0 aliphatic rings. The van der Waals surface area contributed by atoms with Crippen LogP contribution in [-0.2, 0) is 78.3 Å². The molecule has 0 bridgehead atoms. The Bertz CT molecular complexity index is 3300. The van der Waals surface area contributed by atoms with E-state index in [2.05, 4.69) is 92.1 Å². The number of nitrogens with zero attached hydrogens (tertiary/aromatic N) is 1. The molecule has 1 aromatic carbocycles. The van der Waals surface area contributed by atoms with Gasteiger partial charge in [-0.1, -0.05) is 112 Å². The number of nitrogens with two attached hydrogens (primary N) is 5. The first-order chi connectivity index (χ1) is 53.6. The Labute approximate surface area is 672 Å². The first kappa shape index (κ1) is 103. The fraction of sp³-hybridized carbons (Fsp3) is 0.703. The van der Waals surface area contributed by atoms with Gasteiger partial charge >= 0.3 is 5.97 Å². The number of aliphatic hydroxyl groups is 3. The van der Waals surface area contributed by atoms with Gasteiger partial charge in [-0.3, -0.25) is 76.9 Å². The summed E-state index contributed by atoms with van der Waals surface area (Å²) in [6, 6.07) is -11.6. The molecule has 0 saturated heterocycles. The lowest BCUT2D eigenvalue weighted by molar-refractivity contribution is -0.142. The molecule has 14 amide bonds. The Morgan fingerprint density at radius 3 is 1.27 bits per heavy atom. The molecule has 0 saturated carbocycles. The Kier molecular flexibility index (Phi) is 49.0. The van der Waals surface area contributed by atoms with Crippen molar-refractivity contribution in [1.82, 2.24) is 74.4 Å². The first-order valence-corrected chi connectivity index (χ1v) is 39.5. The number of nitrogens with one attached hydrogen (secondary N) is 14. The molecular weight excluding hydrogens is 1510 g/mol. The number of carbonyl (C=O) groups excluding carboxylic acids is 14. The molecule has 646 valence electrons. The number of carboxylic acid groups (broad SMARTS) is 1. The molecule has 1 rings (SSSR count). The molecule has 0 heterocycles. The van der Waals surface area contributed by atoms with E-state index in [-0.39, 0.29) is 101 Å². The van der Waals surface area contributed by atoms with Crippen LogP contribution in [0, 0.1) is 29.6 Å². The average Bonchev–Trinajstić information content (AvgIpc) is 0.850. The number of benzene rings is 1. The molecule has 0 fully saturated rings. The summed E-state index contributed by atoms with van der Waals surface area (Å²) in [5.74, 6) is -16.8. The van der Waals surface area contributed by atoms with E-state index >= 15 is 0 Å². The number of guanidine groups is 1. The van der Waals surface area contributed by atoms with Crippen LogP contribution in [0.25, 0.3) is 0 Å². The SMILES string of the molecule is CC[C@H](C)[C@H](NC(=O)CNC(=O)[C@@H](NC(=O)[C@H](CCCCN)NC(=O)[C@H](Cc1ccccc1)NC(=O)[C@H](CO)NC(=O)[C@H](CC(C)C)NC(=O)[C@@H](NC(=O)[C@@H](N)CCCN=C(N)N)C(C)C)[C@@H](C)O)C(=O)N[C@H](C(=O)N[C@@H](CO)C(=O)N[C@@H](CC(C)C)C(=O)N[C@@H](CS)C(=O)N[C@@H](CCCCN)C(=O)N[C@@H](C)C(=O)O)[C@@H](C)CC. The zero-order valence-corrected chi connectivity index (χ0v) is 68.7. The molecule has 40 heteroatoms. The molecule has 0 aliphatic heterocycles. The summed E-state index contributed by atoms with van der Waals surface area (Å²) in [6.45, 7) is 17.2. The van der Waals surface area contributed by atoms with E-state index in [0.29, 0.717) is 31.2 Å². The average molecular weight is 1640 g/mol. The Balaban J connectivity index is 3.43. The number of aliphatic carboxylic acids is 1. The number of unbranched alkanes of at least 4 members (excludes halogenated alkanes) is 2. The fourth-order valence-electron chi connectivity index (χ4n) is 11.4. The van der Waals surface area contributed by atoms with E-state index in [1.54, 1.807) is 99.6 Å². The number of aliphatic imine (C=N–C) groups is 1. The third-order valence-corrected chi connectivity index (χ3v) is 18.9.